The third-order valence-corrected chi connectivity index (χ3v) is 7.93. The van der Waals surface area contributed by atoms with Crippen LogP contribution in [0.15, 0.2) is 24.4 Å². The number of ether oxygens (including phenoxy) is 1. The second kappa shape index (κ2) is 11.6. The van der Waals surface area contributed by atoms with Gasteiger partial charge in [0.15, 0.2) is 5.82 Å². The molecule has 2 N–H and O–H groups in total. The Labute approximate surface area is 224 Å². The van der Waals surface area contributed by atoms with Crippen molar-refractivity contribution in [2.75, 3.05) is 55.5 Å². The van der Waals surface area contributed by atoms with Crippen molar-refractivity contribution >= 4 is 35.0 Å². The van der Waals surface area contributed by atoms with Crippen molar-refractivity contribution in [1.82, 2.24) is 20.2 Å². The summed E-state index contributed by atoms with van der Waals surface area (Å²) in [5.41, 5.74) is 1.98. The van der Waals surface area contributed by atoms with Gasteiger partial charge in [0.05, 0.1) is 18.5 Å². The summed E-state index contributed by atoms with van der Waals surface area (Å²) in [7, 11) is 3.90. The molecule has 1 saturated heterocycles. The molecule has 0 spiro atoms. The zero-order valence-corrected chi connectivity index (χ0v) is 22.7. The Hall–Kier alpha value is -3.40. The highest BCUT2D eigenvalue weighted by atomic mass is 16.5. The number of carbonyl (C=O) groups is 2. The van der Waals surface area contributed by atoms with Gasteiger partial charge < -0.3 is 30.1 Å². The van der Waals surface area contributed by atoms with Crippen molar-refractivity contribution in [3.05, 3.63) is 30.0 Å². The van der Waals surface area contributed by atoms with Gasteiger partial charge in [0.25, 0.3) is 5.91 Å². The molecule has 2 aliphatic heterocycles. The van der Waals surface area contributed by atoms with E-state index < -0.39 is 0 Å². The predicted molar refractivity (Wildman–Crippen MR) is 149 cm³/mol. The minimum absolute atomic E-state index is 0.0730. The number of nitrogens with one attached hydrogen (secondary N) is 2. The highest BCUT2D eigenvalue weighted by Crippen LogP contribution is 2.37. The quantitative estimate of drug-likeness (QED) is 0.570. The van der Waals surface area contributed by atoms with Gasteiger partial charge in [0, 0.05) is 37.7 Å². The summed E-state index contributed by atoms with van der Waals surface area (Å²) in [5, 5.41) is 6.47. The molecule has 1 aliphatic carbocycles. The maximum absolute atomic E-state index is 13.0. The van der Waals surface area contributed by atoms with Crippen molar-refractivity contribution in [2.24, 2.45) is 0 Å². The van der Waals surface area contributed by atoms with Crippen molar-refractivity contribution < 1.29 is 14.3 Å². The Bertz CT molecular complexity index is 1160. The van der Waals surface area contributed by atoms with E-state index in [0.29, 0.717) is 48.6 Å². The second-order valence-corrected chi connectivity index (χ2v) is 10.6. The number of hydrogen-bond donors (Lipinski definition) is 2. The molecule has 1 aromatic heterocycles. The molecule has 5 rings (SSSR count). The highest BCUT2D eigenvalue weighted by Gasteiger charge is 2.32. The number of benzene rings is 1. The van der Waals surface area contributed by atoms with E-state index >= 15 is 0 Å². The molecule has 2 fully saturated rings. The topological polar surface area (TPSA) is 103 Å². The number of anilines is 4. The molecule has 0 atom stereocenters. The van der Waals surface area contributed by atoms with E-state index in [4.69, 9.17) is 9.72 Å². The fourth-order valence-corrected chi connectivity index (χ4v) is 5.65. The van der Waals surface area contributed by atoms with Crippen molar-refractivity contribution in [2.45, 2.75) is 64.0 Å². The zero-order chi connectivity index (χ0) is 26.6. The van der Waals surface area contributed by atoms with Crippen molar-refractivity contribution in [1.29, 1.82) is 0 Å². The van der Waals surface area contributed by atoms with E-state index in [2.05, 4.69) is 32.5 Å². The van der Waals surface area contributed by atoms with Crippen LogP contribution in [-0.4, -0.2) is 79.1 Å². The summed E-state index contributed by atoms with van der Waals surface area (Å²) in [6.07, 6.45) is 8.71. The monoisotopic (exact) mass is 521 g/mol. The first-order valence-electron chi connectivity index (χ1n) is 13.9. The second-order valence-electron chi connectivity index (χ2n) is 10.6. The number of nitrogens with zero attached hydrogens (tertiary/aromatic N) is 5. The van der Waals surface area contributed by atoms with Gasteiger partial charge in [-0.3, -0.25) is 9.59 Å². The minimum Gasteiger partial charge on any atom is -0.492 e. The summed E-state index contributed by atoms with van der Waals surface area (Å²) in [6.45, 7) is 5.01. The van der Waals surface area contributed by atoms with E-state index in [9.17, 15) is 9.59 Å². The Morgan fingerprint density at radius 3 is 2.61 bits per heavy atom. The maximum atomic E-state index is 13.0. The van der Waals surface area contributed by atoms with E-state index in [1.165, 1.54) is 12.8 Å². The van der Waals surface area contributed by atoms with Crippen molar-refractivity contribution in [3.63, 3.8) is 0 Å². The molecular weight excluding hydrogens is 482 g/mol. The van der Waals surface area contributed by atoms with E-state index in [1.54, 1.807) is 30.3 Å². The van der Waals surface area contributed by atoms with Crippen LogP contribution in [0.3, 0.4) is 0 Å². The summed E-state index contributed by atoms with van der Waals surface area (Å²) in [4.78, 5) is 41.3. The number of piperidine rings is 1. The van der Waals surface area contributed by atoms with Gasteiger partial charge in [-0.25, -0.2) is 4.98 Å². The molecule has 2 amide bonds. The molecule has 1 saturated carbocycles. The van der Waals surface area contributed by atoms with Crippen LogP contribution >= 0.6 is 0 Å². The number of fused-ring (bicyclic) bond motifs is 1. The Kier molecular flexibility index (Phi) is 7.97. The van der Waals surface area contributed by atoms with E-state index in [0.717, 1.165) is 50.3 Å². The SMILES string of the molecule is CCOc1cc(C(=O)NC2CCN(C)CC2)ccc1Nc1ncc2c(n1)N(C1CCCC1)CCC(=O)N2C. The largest absolute Gasteiger partial charge is 0.492 e. The van der Waals surface area contributed by atoms with E-state index in [-0.39, 0.29) is 17.9 Å². The molecule has 3 heterocycles. The average Bonchev–Trinajstić information content (AvgIpc) is 3.42. The number of hydrogen-bond acceptors (Lipinski definition) is 8. The molecular formula is C28H39N7O3. The predicted octanol–water partition coefficient (Wildman–Crippen LogP) is 3.56. The van der Waals surface area contributed by atoms with Gasteiger partial charge >= 0.3 is 0 Å². The number of aromatic nitrogens is 2. The van der Waals surface area contributed by atoms with Crippen LogP contribution < -0.4 is 25.2 Å². The summed E-state index contributed by atoms with van der Waals surface area (Å²) in [6, 6.07) is 5.99. The van der Waals surface area contributed by atoms with Crippen molar-refractivity contribution in [3.8, 4) is 5.75 Å². The molecule has 0 bridgehead atoms. The molecule has 0 radical (unpaired) electrons. The molecule has 1 aromatic carbocycles. The third-order valence-electron chi connectivity index (χ3n) is 7.93. The van der Waals surface area contributed by atoms with Gasteiger partial charge in [-0.05, 0) is 70.9 Å². The van der Waals surface area contributed by atoms with Crippen LogP contribution in [0.1, 0.15) is 62.2 Å². The fourth-order valence-electron chi connectivity index (χ4n) is 5.65. The molecule has 10 nitrogen and oxygen atoms in total. The number of amides is 2. The first-order chi connectivity index (χ1) is 18.4. The number of rotatable bonds is 7. The first-order valence-corrected chi connectivity index (χ1v) is 13.9. The van der Waals surface area contributed by atoms with Gasteiger partial charge in [-0.2, -0.15) is 4.98 Å². The molecule has 38 heavy (non-hydrogen) atoms. The molecule has 204 valence electrons. The Morgan fingerprint density at radius 2 is 1.87 bits per heavy atom. The Balaban J connectivity index is 1.37. The fraction of sp³-hybridized carbons (Fsp3) is 0.571. The molecule has 0 unspecified atom stereocenters. The maximum Gasteiger partial charge on any atom is 0.251 e. The minimum atomic E-state index is -0.0896. The van der Waals surface area contributed by atoms with Crippen LogP contribution in [0.5, 0.6) is 5.75 Å². The summed E-state index contributed by atoms with van der Waals surface area (Å²) >= 11 is 0. The van der Waals surface area contributed by atoms with Gasteiger partial charge in [-0.1, -0.05) is 12.8 Å². The van der Waals surface area contributed by atoms with Gasteiger partial charge in [-0.15, -0.1) is 0 Å². The van der Waals surface area contributed by atoms with Gasteiger partial charge in [0.2, 0.25) is 11.9 Å². The lowest BCUT2D eigenvalue weighted by Gasteiger charge is -2.30. The van der Waals surface area contributed by atoms with Crippen LogP contribution in [0.25, 0.3) is 0 Å². The first kappa shape index (κ1) is 26.2. The lowest BCUT2D eigenvalue weighted by molar-refractivity contribution is -0.118. The Morgan fingerprint density at radius 1 is 1.11 bits per heavy atom. The van der Waals surface area contributed by atoms with Crippen LogP contribution in [-0.2, 0) is 4.79 Å². The summed E-state index contributed by atoms with van der Waals surface area (Å²) < 4.78 is 5.90. The molecule has 2 aromatic rings. The number of carbonyl (C=O) groups excluding carboxylic acids is 2. The van der Waals surface area contributed by atoms with E-state index in [1.807, 2.05) is 13.0 Å². The standard InChI is InChI=1S/C28H39N7O3/c1-4-38-24-17-19(27(37)30-20-11-14-33(2)15-12-20)9-10-22(24)31-28-29-18-23-26(32-28)35(21-7-5-6-8-21)16-13-25(36)34(23)3/h9-10,17-18,20-21H,4-8,11-16H2,1-3H3,(H,30,37)(H,29,31,32). The third kappa shape index (κ3) is 5.70. The van der Waals surface area contributed by atoms with Crippen LogP contribution in [0.2, 0.25) is 0 Å². The van der Waals surface area contributed by atoms with Crippen LogP contribution in [0, 0.1) is 0 Å². The highest BCUT2D eigenvalue weighted by molar-refractivity contribution is 5.97. The normalized spacial score (nSPS) is 19.3. The lowest BCUT2D eigenvalue weighted by atomic mass is 10.0. The molecule has 3 aliphatic rings. The van der Waals surface area contributed by atoms with Crippen LogP contribution in [0.4, 0.5) is 23.1 Å². The summed E-state index contributed by atoms with van der Waals surface area (Å²) in [5.74, 6) is 1.77. The lowest BCUT2D eigenvalue weighted by Crippen LogP contribution is -2.43. The zero-order valence-electron chi connectivity index (χ0n) is 22.7. The molecule has 10 heteroatoms. The average molecular weight is 522 g/mol. The number of likely N-dealkylation sites (tertiary alicyclic amines) is 1. The van der Waals surface area contributed by atoms with Gasteiger partial charge in [0.1, 0.15) is 11.4 Å². The smallest absolute Gasteiger partial charge is 0.251 e.